The summed E-state index contributed by atoms with van der Waals surface area (Å²) in [5, 5.41) is 5.47. The molecule has 1 unspecified atom stereocenters. The van der Waals surface area contributed by atoms with Crippen LogP contribution in [0.15, 0.2) is 30.5 Å². The monoisotopic (exact) mass is 497 g/mol. The molecule has 176 valence electrons. The van der Waals surface area contributed by atoms with Crippen molar-refractivity contribution in [2.45, 2.75) is 39.7 Å². The zero-order valence-corrected chi connectivity index (χ0v) is 19.9. The highest BCUT2D eigenvalue weighted by Gasteiger charge is 2.15. The van der Waals surface area contributed by atoms with Gasteiger partial charge in [-0.15, -0.1) is 3.63 Å². The lowest BCUT2D eigenvalue weighted by atomic mass is 10.1. The second-order valence-corrected chi connectivity index (χ2v) is 9.35. The quantitative estimate of drug-likeness (QED) is 0.417. The molecule has 0 fully saturated rings. The molecule has 0 saturated heterocycles. The number of fused-ring (bicyclic) bond motifs is 1. The Bertz CT molecular complexity index is 1020. The van der Waals surface area contributed by atoms with Gasteiger partial charge in [0.1, 0.15) is 0 Å². The van der Waals surface area contributed by atoms with Crippen LogP contribution in [0, 0.1) is 0 Å². The van der Waals surface area contributed by atoms with Gasteiger partial charge in [0.15, 0.2) is 0 Å². The molecule has 0 bridgehead atoms. The third-order valence-electron chi connectivity index (χ3n) is 4.28. The number of benzene rings is 1. The van der Waals surface area contributed by atoms with Crippen molar-refractivity contribution in [2.75, 3.05) is 25.0 Å². The van der Waals surface area contributed by atoms with E-state index < -0.39 is 20.8 Å². The van der Waals surface area contributed by atoms with E-state index in [1.54, 1.807) is 0 Å². The van der Waals surface area contributed by atoms with E-state index in [0.717, 1.165) is 41.1 Å². The van der Waals surface area contributed by atoms with Crippen LogP contribution in [0.5, 0.6) is 0 Å². The van der Waals surface area contributed by atoms with Gasteiger partial charge in [-0.1, -0.05) is 25.4 Å². The third kappa shape index (κ3) is 11.6. The fourth-order valence-corrected chi connectivity index (χ4v) is 3.89. The first-order valence-corrected chi connectivity index (χ1v) is 12.6. The van der Waals surface area contributed by atoms with Gasteiger partial charge in [-0.2, -0.15) is 16.8 Å². The summed E-state index contributed by atoms with van der Waals surface area (Å²) in [5.74, 6) is 0. The van der Waals surface area contributed by atoms with Crippen molar-refractivity contribution < 1.29 is 29.6 Å². The maximum atomic E-state index is 9.44. The lowest BCUT2D eigenvalue weighted by molar-refractivity contribution is 0.295. The fourth-order valence-electron chi connectivity index (χ4n) is 2.85. The Kier molecular flexibility index (Phi) is 11.1. The summed E-state index contributed by atoms with van der Waals surface area (Å²) < 4.78 is 55.6. The average Bonchev–Trinajstić information content (AvgIpc) is 2.63. The predicted molar refractivity (Wildman–Crippen MR) is 121 cm³/mol. The second-order valence-electron chi connectivity index (χ2n) is 6.66. The van der Waals surface area contributed by atoms with Crippen LogP contribution < -0.4 is 5.32 Å². The van der Waals surface area contributed by atoms with E-state index in [4.69, 9.17) is 20.7 Å². The summed E-state index contributed by atoms with van der Waals surface area (Å²) in [7, 11) is -10.2. The summed E-state index contributed by atoms with van der Waals surface area (Å²) >= 11 is 6.04. The van der Waals surface area contributed by atoms with Crippen LogP contribution in [-0.4, -0.2) is 61.5 Å². The van der Waals surface area contributed by atoms with E-state index in [1.165, 1.54) is 13.0 Å². The number of hydrogen-bond donors (Lipinski definition) is 3. The van der Waals surface area contributed by atoms with E-state index in [9.17, 15) is 16.8 Å². The number of anilines is 1. The topological polar surface area (TPSA) is 146 Å². The Morgan fingerprint density at radius 3 is 2.26 bits per heavy atom. The number of rotatable bonds is 10. The Morgan fingerprint density at radius 2 is 1.74 bits per heavy atom. The van der Waals surface area contributed by atoms with Crippen molar-refractivity contribution in [3.05, 3.63) is 35.5 Å². The normalized spacial score (nSPS) is 13.0. The fraction of sp³-hybridized carbons (Fsp3) is 0.500. The Labute approximate surface area is 188 Å². The molecule has 0 radical (unpaired) electrons. The average molecular weight is 498 g/mol. The van der Waals surface area contributed by atoms with Gasteiger partial charge in [0.05, 0.1) is 5.52 Å². The van der Waals surface area contributed by atoms with E-state index >= 15 is 0 Å². The minimum atomic E-state index is -5.12. The lowest BCUT2D eigenvalue weighted by Crippen LogP contribution is -2.25. The number of pyridine rings is 1. The number of nitrogens with zero attached hydrogens (tertiary/aromatic N) is 2. The Balaban J connectivity index is 0.000000452. The predicted octanol–water partition coefficient (Wildman–Crippen LogP) is 3.42. The van der Waals surface area contributed by atoms with Crippen LogP contribution in [0.4, 0.5) is 5.69 Å². The van der Waals surface area contributed by atoms with Crippen molar-refractivity contribution in [3.63, 3.8) is 0 Å². The minimum absolute atomic E-state index is 0.442. The first-order valence-electron chi connectivity index (χ1n) is 9.53. The second kappa shape index (κ2) is 12.5. The molecule has 0 aliphatic rings. The van der Waals surface area contributed by atoms with E-state index in [0.29, 0.717) is 6.04 Å². The van der Waals surface area contributed by atoms with Crippen molar-refractivity contribution in [2.24, 2.45) is 0 Å². The van der Waals surface area contributed by atoms with Gasteiger partial charge in [-0.25, -0.2) is 0 Å². The first kappa shape index (κ1) is 27.5. The zero-order chi connectivity index (χ0) is 23.7. The number of nitrogens with one attached hydrogen (secondary N) is 1. The number of halogens is 1. The van der Waals surface area contributed by atoms with Gasteiger partial charge in [0, 0.05) is 28.3 Å². The van der Waals surface area contributed by atoms with Crippen LogP contribution in [0.1, 0.15) is 33.6 Å². The first-order chi connectivity index (χ1) is 14.3. The van der Waals surface area contributed by atoms with Crippen molar-refractivity contribution in [1.82, 2.24) is 9.88 Å². The number of hydrogen-bond acceptors (Lipinski definition) is 8. The molecule has 0 aliphatic heterocycles. The molecule has 3 N–H and O–H groups in total. The summed E-state index contributed by atoms with van der Waals surface area (Å²) in [6, 6.07) is 8.35. The molecule has 2 aromatic rings. The van der Waals surface area contributed by atoms with Crippen LogP contribution in [0.3, 0.4) is 0 Å². The highest BCUT2D eigenvalue weighted by atomic mass is 35.5. The van der Waals surface area contributed by atoms with Crippen molar-refractivity contribution in [1.29, 1.82) is 0 Å². The van der Waals surface area contributed by atoms with Gasteiger partial charge in [0.2, 0.25) is 0 Å². The molecule has 1 heterocycles. The molecule has 31 heavy (non-hydrogen) atoms. The SMILES string of the molecule is CCN(CC)CCCC(C)Nc1ccnc2cc(Cl)ccc12.O=S(=O)(O)OS(=O)(=O)O. The molecule has 1 aromatic carbocycles. The molecule has 0 spiro atoms. The maximum absolute atomic E-state index is 9.44. The summed E-state index contributed by atoms with van der Waals surface area (Å²) in [5.41, 5.74) is 2.07. The van der Waals surface area contributed by atoms with E-state index in [-0.39, 0.29) is 0 Å². The molecule has 0 amide bonds. The minimum Gasteiger partial charge on any atom is -0.382 e. The molecule has 0 aliphatic carbocycles. The summed E-state index contributed by atoms with van der Waals surface area (Å²) in [4.78, 5) is 6.86. The molecule has 1 atom stereocenters. The van der Waals surface area contributed by atoms with Gasteiger partial charge >= 0.3 is 20.8 Å². The summed E-state index contributed by atoms with van der Waals surface area (Å²) in [6.07, 6.45) is 4.21. The van der Waals surface area contributed by atoms with Gasteiger partial charge in [-0.3, -0.25) is 14.1 Å². The zero-order valence-electron chi connectivity index (χ0n) is 17.5. The molecular weight excluding hydrogens is 470 g/mol. The Morgan fingerprint density at radius 1 is 1.13 bits per heavy atom. The van der Waals surface area contributed by atoms with Crippen LogP contribution in [-0.2, 0) is 24.4 Å². The largest absolute Gasteiger partial charge is 0.413 e. The Hall–Kier alpha value is -1.54. The van der Waals surface area contributed by atoms with Gasteiger partial charge in [0.25, 0.3) is 0 Å². The standard InChI is InChI=1S/C18H26ClN3.H2O7S2/c1-4-22(5-2)12-6-7-14(3)21-17-10-11-20-18-13-15(19)8-9-16(17)18;1-8(2,3)7-9(4,5)6/h8-11,13-14H,4-7,12H2,1-3H3,(H,20,21);(H,1,2,3)(H,4,5,6). The van der Waals surface area contributed by atoms with Crippen LogP contribution in [0.2, 0.25) is 5.02 Å². The third-order valence-corrected chi connectivity index (χ3v) is 5.90. The molecule has 1 aromatic heterocycles. The molecule has 13 heteroatoms. The van der Waals surface area contributed by atoms with Crippen LogP contribution >= 0.6 is 11.6 Å². The molecule has 10 nitrogen and oxygen atoms in total. The molecule has 0 saturated carbocycles. The molecule has 2 rings (SSSR count). The highest BCUT2D eigenvalue weighted by Crippen LogP contribution is 2.25. The lowest BCUT2D eigenvalue weighted by Gasteiger charge is -2.20. The van der Waals surface area contributed by atoms with Crippen molar-refractivity contribution in [3.8, 4) is 0 Å². The van der Waals surface area contributed by atoms with Crippen molar-refractivity contribution >= 4 is 49.0 Å². The summed E-state index contributed by atoms with van der Waals surface area (Å²) in [6.45, 7) is 10.1. The van der Waals surface area contributed by atoms with Gasteiger partial charge in [-0.05, 0) is 63.7 Å². The smallest absolute Gasteiger partial charge is 0.382 e. The van der Waals surface area contributed by atoms with Crippen LogP contribution in [0.25, 0.3) is 10.9 Å². The highest BCUT2D eigenvalue weighted by molar-refractivity contribution is 7.94. The molecular formula is C18H28ClN3O7S2. The van der Waals surface area contributed by atoms with Gasteiger partial charge < -0.3 is 10.2 Å². The van der Waals surface area contributed by atoms with E-state index in [1.807, 2.05) is 30.5 Å². The maximum Gasteiger partial charge on any atom is 0.413 e. The van der Waals surface area contributed by atoms with E-state index in [2.05, 4.69) is 39.6 Å². The number of aromatic nitrogens is 1.